The van der Waals surface area contributed by atoms with Crippen LogP contribution in [0.1, 0.15) is 48.3 Å². The van der Waals surface area contributed by atoms with Crippen LogP contribution in [0.2, 0.25) is 0 Å². The number of hydrogen-bond acceptors (Lipinski definition) is 6. The molecule has 2 aliphatic rings. The van der Waals surface area contributed by atoms with Gasteiger partial charge in [-0.3, -0.25) is 9.59 Å². The SMILES string of the molecule is Cc1ccc(OCC2CC2)c(-c2ncnc3c(C(=O)N[C@@H]4CN(C(=O)[C@H](C)O)C[C@@H]4C)c(C)[nH]c23)c1. The molecule has 9 nitrogen and oxygen atoms in total. The highest BCUT2D eigenvalue weighted by Gasteiger charge is 2.35. The summed E-state index contributed by atoms with van der Waals surface area (Å²) in [5.74, 6) is 0.884. The number of rotatable bonds is 7. The minimum Gasteiger partial charge on any atom is -0.493 e. The molecule has 1 saturated heterocycles. The van der Waals surface area contributed by atoms with Gasteiger partial charge in [0.2, 0.25) is 0 Å². The summed E-state index contributed by atoms with van der Waals surface area (Å²) in [6.07, 6.45) is 2.84. The molecule has 3 heterocycles. The zero-order valence-corrected chi connectivity index (χ0v) is 21.2. The van der Waals surface area contributed by atoms with Crippen LogP contribution < -0.4 is 10.1 Å². The molecule has 0 bridgehead atoms. The van der Waals surface area contributed by atoms with Crippen molar-refractivity contribution in [3.05, 3.63) is 41.3 Å². The van der Waals surface area contributed by atoms with Gasteiger partial charge in [0.15, 0.2) is 0 Å². The monoisotopic (exact) mass is 491 g/mol. The predicted octanol–water partition coefficient (Wildman–Crippen LogP) is 2.99. The number of aliphatic hydroxyl groups is 1. The number of benzene rings is 1. The number of carbonyl (C=O) groups is 2. The molecule has 2 amide bonds. The van der Waals surface area contributed by atoms with E-state index < -0.39 is 6.10 Å². The van der Waals surface area contributed by atoms with E-state index in [1.165, 1.54) is 26.1 Å². The third-order valence-corrected chi connectivity index (χ3v) is 7.16. The number of carbonyl (C=O) groups excluding carboxylic acids is 2. The Morgan fingerprint density at radius 1 is 1.25 bits per heavy atom. The van der Waals surface area contributed by atoms with Crippen LogP contribution in [0.5, 0.6) is 5.75 Å². The van der Waals surface area contributed by atoms with Crippen molar-refractivity contribution in [2.24, 2.45) is 11.8 Å². The maximum atomic E-state index is 13.4. The lowest BCUT2D eigenvalue weighted by atomic mass is 10.0. The van der Waals surface area contributed by atoms with Crippen molar-refractivity contribution >= 4 is 22.8 Å². The quantitative estimate of drug-likeness (QED) is 0.467. The smallest absolute Gasteiger partial charge is 0.255 e. The number of aliphatic hydroxyl groups excluding tert-OH is 1. The fraction of sp³-hybridized carbons (Fsp3) is 0.481. The molecule has 5 rings (SSSR count). The molecule has 9 heteroatoms. The van der Waals surface area contributed by atoms with Crippen molar-refractivity contribution in [2.45, 2.75) is 52.7 Å². The Hall–Kier alpha value is -3.46. The lowest BCUT2D eigenvalue weighted by molar-refractivity contribution is -0.138. The number of hydrogen-bond donors (Lipinski definition) is 3. The lowest BCUT2D eigenvalue weighted by Crippen LogP contribution is -2.42. The molecule has 190 valence electrons. The van der Waals surface area contributed by atoms with Gasteiger partial charge in [0, 0.05) is 24.3 Å². The third kappa shape index (κ3) is 4.67. The van der Waals surface area contributed by atoms with Crippen molar-refractivity contribution in [3.63, 3.8) is 0 Å². The van der Waals surface area contributed by atoms with E-state index in [0.29, 0.717) is 53.6 Å². The molecule has 36 heavy (non-hydrogen) atoms. The summed E-state index contributed by atoms with van der Waals surface area (Å²) in [6, 6.07) is 5.84. The number of nitrogens with zero attached hydrogens (tertiary/aromatic N) is 3. The van der Waals surface area contributed by atoms with Gasteiger partial charge in [-0.15, -0.1) is 0 Å². The zero-order valence-electron chi connectivity index (χ0n) is 21.2. The van der Waals surface area contributed by atoms with E-state index in [1.807, 2.05) is 39.0 Å². The summed E-state index contributed by atoms with van der Waals surface area (Å²) in [5.41, 5.74) is 5.05. The predicted molar refractivity (Wildman–Crippen MR) is 136 cm³/mol. The summed E-state index contributed by atoms with van der Waals surface area (Å²) in [7, 11) is 0. The normalized spacial score (nSPS) is 20.5. The number of aromatic nitrogens is 3. The molecule has 3 atom stereocenters. The molecule has 2 aromatic heterocycles. The van der Waals surface area contributed by atoms with E-state index in [4.69, 9.17) is 4.74 Å². The molecule has 1 aliphatic carbocycles. The van der Waals surface area contributed by atoms with Gasteiger partial charge in [0.05, 0.1) is 23.7 Å². The minimum atomic E-state index is -1.06. The van der Waals surface area contributed by atoms with Crippen LogP contribution >= 0.6 is 0 Å². The van der Waals surface area contributed by atoms with E-state index in [2.05, 4.69) is 20.3 Å². The van der Waals surface area contributed by atoms with Gasteiger partial charge in [0.25, 0.3) is 11.8 Å². The second kappa shape index (κ2) is 9.54. The van der Waals surface area contributed by atoms with Gasteiger partial charge >= 0.3 is 0 Å². The molecule has 0 radical (unpaired) electrons. The first kappa shape index (κ1) is 24.2. The van der Waals surface area contributed by atoms with E-state index in [0.717, 1.165) is 16.9 Å². The summed E-state index contributed by atoms with van der Waals surface area (Å²) in [5, 5.41) is 12.7. The Kier molecular flexibility index (Phi) is 6.42. The Balaban J connectivity index is 1.44. The van der Waals surface area contributed by atoms with Gasteiger partial charge in [-0.05, 0) is 57.6 Å². The molecule has 0 spiro atoms. The second-order valence-electron chi connectivity index (χ2n) is 10.3. The average Bonchev–Trinajstić information content (AvgIpc) is 3.51. The lowest BCUT2D eigenvalue weighted by Gasteiger charge is -2.18. The van der Waals surface area contributed by atoms with Gasteiger partial charge in [-0.25, -0.2) is 9.97 Å². The first-order chi connectivity index (χ1) is 17.2. The number of nitrogens with one attached hydrogen (secondary N) is 2. The number of likely N-dealkylation sites (tertiary alicyclic amines) is 1. The Morgan fingerprint density at radius 3 is 2.75 bits per heavy atom. The van der Waals surface area contributed by atoms with Crippen LogP contribution in [-0.4, -0.2) is 68.6 Å². The first-order valence-electron chi connectivity index (χ1n) is 12.6. The fourth-order valence-electron chi connectivity index (χ4n) is 4.89. The maximum Gasteiger partial charge on any atom is 0.255 e. The standard InChI is InChI=1S/C27H33N5O4/c1-14-5-8-21(36-12-18-6-7-18)19(9-14)23-25-24(29-13-28-23)22(16(3)30-25)26(34)31-20-11-32(10-15(20)2)27(35)17(4)33/h5,8-9,13,15,17-18,20,30,33H,6-7,10-12H2,1-4H3,(H,31,34)/t15-,17-,20+/m0/s1. The van der Waals surface area contributed by atoms with Gasteiger partial charge in [0.1, 0.15) is 29.4 Å². The zero-order chi connectivity index (χ0) is 25.6. The van der Waals surface area contributed by atoms with Crippen molar-refractivity contribution in [2.75, 3.05) is 19.7 Å². The van der Waals surface area contributed by atoms with E-state index in [1.54, 1.807) is 4.90 Å². The minimum absolute atomic E-state index is 0.0609. The largest absolute Gasteiger partial charge is 0.493 e. The van der Waals surface area contributed by atoms with Crippen LogP contribution in [-0.2, 0) is 4.79 Å². The maximum absolute atomic E-state index is 13.4. The number of H-pyrrole nitrogens is 1. The molecule has 3 N–H and O–H groups in total. The molecule has 1 aliphatic heterocycles. The van der Waals surface area contributed by atoms with Crippen molar-refractivity contribution in [1.29, 1.82) is 0 Å². The fourth-order valence-corrected chi connectivity index (χ4v) is 4.89. The Bertz CT molecular complexity index is 1310. The molecular weight excluding hydrogens is 458 g/mol. The molecule has 3 aromatic rings. The summed E-state index contributed by atoms with van der Waals surface area (Å²) in [4.78, 5) is 39.6. The van der Waals surface area contributed by atoms with Crippen LogP contribution in [0.25, 0.3) is 22.3 Å². The Labute approximate surface area is 210 Å². The second-order valence-corrected chi connectivity index (χ2v) is 10.3. The van der Waals surface area contributed by atoms with E-state index >= 15 is 0 Å². The average molecular weight is 492 g/mol. The van der Waals surface area contributed by atoms with Gasteiger partial charge in [-0.1, -0.05) is 18.6 Å². The molecule has 1 saturated carbocycles. The van der Waals surface area contributed by atoms with E-state index in [-0.39, 0.29) is 23.8 Å². The molecule has 0 unspecified atom stereocenters. The molecular formula is C27H33N5O4. The van der Waals surface area contributed by atoms with Crippen LogP contribution in [0.15, 0.2) is 24.5 Å². The number of ether oxygens (including phenoxy) is 1. The van der Waals surface area contributed by atoms with E-state index in [9.17, 15) is 14.7 Å². The third-order valence-electron chi connectivity index (χ3n) is 7.16. The van der Waals surface area contributed by atoms with Gasteiger partial charge in [-0.2, -0.15) is 0 Å². The highest BCUT2D eigenvalue weighted by Crippen LogP contribution is 2.37. The van der Waals surface area contributed by atoms with Crippen LogP contribution in [0.4, 0.5) is 0 Å². The molecule has 2 fully saturated rings. The van der Waals surface area contributed by atoms with Gasteiger partial charge < -0.3 is 25.0 Å². The summed E-state index contributed by atoms with van der Waals surface area (Å²) in [6.45, 7) is 8.87. The topological polar surface area (TPSA) is 120 Å². The number of fused-ring (bicyclic) bond motifs is 1. The summed E-state index contributed by atoms with van der Waals surface area (Å²) >= 11 is 0. The number of aromatic amines is 1. The van der Waals surface area contributed by atoms with Crippen LogP contribution in [0.3, 0.4) is 0 Å². The number of aryl methyl sites for hydroxylation is 2. The Morgan fingerprint density at radius 2 is 2.03 bits per heavy atom. The summed E-state index contributed by atoms with van der Waals surface area (Å²) < 4.78 is 6.15. The van der Waals surface area contributed by atoms with Crippen molar-refractivity contribution < 1.29 is 19.4 Å². The number of amides is 2. The molecule has 1 aromatic carbocycles. The van der Waals surface area contributed by atoms with Crippen molar-refractivity contribution in [1.82, 2.24) is 25.2 Å². The highest BCUT2D eigenvalue weighted by atomic mass is 16.5. The highest BCUT2D eigenvalue weighted by molar-refractivity contribution is 6.09. The van der Waals surface area contributed by atoms with Crippen LogP contribution in [0, 0.1) is 25.7 Å². The first-order valence-corrected chi connectivity index (χ1v) is 12.6. The van der Waals surface area contributed by atoms with Crippen molar-refractivity contribution in [3.8, 4) is 17.0 Å².